The highest BCUT2D eigenvalue weighted by Crippen LogP contribution is 2.32. The highest BCUT2D eigenvalue weighted by Gasteiger charge is 2.34. The summed E-state index contributed by atoms with van der Waals surface area (Å²) in [4.78, 5) is 12.0. The van der Waals surface area contributed by atoms with E-state index in [4.69, 9.17) is 0 Å². The van der Waals surface area contributed by atoms with Crippen LogP contribution in [0.15, 0.2) is 18.2 Å². The molecule has 2 bridgehead atoms. The summed E-state index contributed by atoms with van der Waals surface area (Å²) in [7, 11) is 0. The minimum Gasteiger partial charge on any atom is -0.324 e. The lowest BCUT2D eigenvalue weighted by atomic mass is 9.89. The second-order valence-electron chi connectivity index (χ2n) is 5.85. The molecule has 3 rings (SSSR count). The largest absolute Gasteiger partial charge is 0.324 e. The maximum absolute atomic E-state index is 13.5. The van der Waals surface area contributed by atoms with Crippen molar-refractivity contribution in [2.24, 2.45) is 5.92 Å². The third-order valence-electron chi connectivity index (χ3n) is 4.25. The first kappa shape index (κ1) is 13.5. The van der Waals surface area contributed by atoms with Crippen molar-refractivity contribution in [1.29, 1.82) is 0 Å². The minimum atomic E-state index is -0.606. The van der Waals surface area contributed by atoms with Crippen LogP contribution in [0.1, 0.15) is 32.1 Å². The van der Waals surface area contributed by atoms with Gasteiger partial charge in [0.15, 0.2) is 0 Å². The van der Waals surface area contributed by atoms with Gasteiger partial charge in [-0.1, -0.05) is 0 Å². The molecule has 1 aromatic rings. The molecule has 0 aromatic heterocycles. The van der Waals surface area contributed by atoms with Crippen LogP contribution in [0.5, 0.6) is 0 Å². The summed E-state index contributed by atoms with van der Waals surface area (Å²) in [6.45, 7) is 0. The van der Waals surface area contributed by atoms with Crippen molar-refractivity contribution < 1.29 is 13.6 Å². The fraction of sp³-hybridized carbons (Fsp3) is 0.533. The van der Waals surface area contributed by atoms with E-state index in [1.165, 1.54) is 12.8 Å². The standard InChI is InChI=1S/C15H18F2N2O/c16-10-1-4-13(17)14(8-10)19-15(20)7-9-5-11-2-3-12(6-9)18-11/h1,4,8-9,11-12,18H,2-3,5-7H2,(H,19,20). The number of anilines is 1. The predicted octanol–water partition coefficient (Wildman–Crippen LogP) is 2.82. The van der Waals surface area contributed by atoms with E-state index in [9.17, 15) is 13.6 Å². The van der Waals surface area contributed by atoms with Gasteiger partial charge in [-0.3, -0.25) is 4.79 Å². The SMILES string of the molecule is O=C(CC1CC2CCC(C1)N2)Nc1cc(F)ccc1F. The molecule has 3 nitrogen and oxygen atoms in total. The predicted molar refractivity (Wildman–Crippen MR) is 72.3 cm³/mol. The van der Waals surface area contributed by atoms with Crippen molar-refractivity contribution in [3.63, 3.8) is 0 Å². The summed E-state index contributed by atoms with van der Waals surface area (Å²) in [5.41, 5.74) is -0.0769. The fourth-order valence-electron chi connectivity index (χ4n) is 3.40. The molecule has 2 unspecified atom stereocenters. The molecule has 0 spiro atoms. The van der Waals surface area contributed by atoms with Crippen LogP contribution in [-0.4, -0.2) is 18.0 Å². The van der Waals surface area contributed by atoms with E-state index in [1.54, 1.807) is 0 Å². The van der Waals surface area contributed by atoms with E-state index in [0.717, 1.165) is 31.0 Å². The molecule has 5 heteroatoms. The molecule has 2 atom stereocenters. The van der Waals surface area contributed by atoms with E-state index in [1.807, 2.05) is 0 Å². The van der Waals surface area contributed by atoms with E-state index in [0.29, 0.717) is 24.4 Å². The number of nitrogens with one attached hydrogen (secondary N) is 2. The van der Waals surface area contributed by atoms with E-state index in [-0.39, 0.29) is 11.6 Å². The Morgan fingerprint density at radius 3 is 2.65 bits per heavy atom. The van der Waals surface area contributed by atoms with Crippen LogP contribution in [0.4, 0.5) is 14.5 Å². The number of halogens is 2. The fourth-order valence-corrected chi connectivity index (χ4v) is 3.40. The zero-order valence-electron chi connectivity index (χ0n) is 11.2. The minimum absolute atomic E-state index is 0.0769. The number of benzene rings is 1. The van der Waals surface area contributed by atoms with Crippen molar-refractivity contribution >= 4 is 11.6 Å². The second kappa shape index (κ2) is 5.48. The number of hydrogen-bond acceptors (Lipinski definition) is 2. The van der Waals surface area contributed by atoms with Gasteiger partial charge in [0.1, 0.15) is 11.6 Å². The third kappa shape index (κ3) is 2.98. The number of amides is 1. The zero-order chi connectivity index (χ0) is 14.1. The Kier molecular flexibility index (Phi) is 3.70. The Morgan fingerprint density at radius 2 is 1.95 bits per heavy atom. The van der Waals surface area contributed by atoms with Gasteiger partial charge in [-0.05, 0) is 43.7 Å². The number of fused-ring (bicyclic) bond motifs is 2. The lowest BCUT2D eigenvalue weighted by Gasteiger charge is -2.28. The lowest BCUT2D eigenvalue weighted by molar-refractivity contribution is -0.117. The highest BCUT2D eigenvalue weighted by atomic mass is 19.1. The van der Waals surface area contributed by atoms with Crippen LogP contribution in [0.3, 0.4) is 0 Å². The average molecular weight is 280 g/mol. The summed E-state index contributed by atoms with van der Waals surface area (Å²) >= 11 is 0. The number of piperidine rings is 1. The number of rotatable bonds is 3. The van der Waals surface area contributed by atoms with E-state index < -0.39 is 11.6 Å². The molecule has 20 heavy (non-hydrogen) atoms. The van der Waals surface area contributed by atoms with Crippen molar-refractivity contribution in [1.82, 2.24) is 5.32 Å². The lowest BCUT2D eigenvalue weighted by Crippen LogP contribution is -2.39. The quantitative estimate of drug-likeness (QED) is 0.894. The van der Waals surface area contributed by atoms with Crippen molar-refractivity contribution in [3.05, 3.63) is 29.8 Å². The highest BCUT2D eigenvalue weighted by molar-refractivity contribution is 5.91. The molecule has 0 saturated carbocycles. The van der Waals surface area contributed by atoms with Crippen LogP contribution < -0.4 is 10.6 Å². The van der Waals surface area contributed by atoms with E-state index >= 15 is 0 Å². The van der Waals surface area contributed by atoms with Gasteiger partial charge in [-0.25, -0.2) is 8.78 Å². The Balaban J connectivity index is 1.58. The van der Waals surface area contributed by atoms with Crippen LogP contribution in [0, 0.1) is 17.6 Å². The maximum Gasteiger partial charge on any atom is 0.224 e. The first-order chi connectivity index (χ1) is 9.60. The molecule has 2 N–H and O–H groups in total. The summed E-state index contributed by atoms with van der Waals surface area (Å²) in [5.74, 6) is -1.06. The topological polar surface area (TPSA) is 41.1 Å². The molecular formula is C15H18F2N2O. The van der Waals surface area contributed by atoms with Crippen molar-refractivity contribution in [3.8, 4) is 0 Å². The van der Waals surface area contributed by atoms with Gasteiger partial charge in [0.25, 0.3) is 0 Å². The van der Waals surface area contributed by atoms with Crippen LogP contribution in [0.25, 0.3) is 0 Å². The van der Waals surface area contributed by atoms with Crippen molar-refractivity contribution in [2.45, 2.75) is 44.2 Å². The van der Waals surface area contributed by atoms with Gasteiger partial charge in [0, 0.05) is 24.6 Å². The molecule has 2 aliphatic rings. The van der Waals surface area contributed by atoms with Gasteiger partial charge in [0.2, 0.25) is 5.91 Å². The molecule has 2 aliphatic heterocycles. The number of hydrogen-bond donors (Lipinski definition) is 2. The molecule has 0 aliphatic carbocycles. The Morgan fingerprint density at radius 1 is 1.25 bits per heavy atom. The van der Waals surface area contributed by atoms with Gasteiger partial charge >= 0.3 is 0 Å². The van der Waals surface area contributed by atoms with Crippen molar-refractivity contribution in [2.75, 3.05) is 5.32 Å². The molecule has 2 fully saturated rings. The average Bonchev–Trinajstić information content (AvgIpc) is 2.73. The summed E-state index contributed by atoms with van der Waals surface area (Å²) < 4.78 is 26.5. The Hall–Kier alpha value is -1.49. The zero-order valence-corrected chi connectivity index (χ0v) is 11.2. The van der Waals surface area contributed by atoms with Crippen LogP contribution >= 0.6 is 0 Å². The van der Waals surface area contributed by atoms with E-state index in [2.05, 4.69) is 10.6 Å². The first-order valence-corrected chi connectivity index (χ1v) is 7.11. The third-order valence-corrected chi connectivity index (χ3v) is 4.25. The van der Waals surface area contributed by atoms with Crippen LogP contribution in [0.2, 0.25) is 0 Å². The smallest absolute Gasteiger partial charge is 0.224 e. The van der Waals surface area contributed by atoms with Gasteiger partial charge in [0.05, 0.1) is 5.69 Å². The van der Waals surface area contributed by atoms with Gasteiger partial charge in [-0.15, -0.1) is 0 Å². The Bertz CT molecular complexity index is 509. The summed E-state index contributed by atoms with van der Waals surface area (Å²) in [6.07, 6.45) is 4.73. The molecule has 2 heterocycles. The van der Waals surface area contributed by atoms with Gasteiger partial charge in [-0.2, -0.15) is 0 Å². The maximum atomic E-state index is 13.5. The number of carbonyl (C=O) groups is 1. The number of carbonyl (C=O) groups excluding carboxylic acids is 1. The summed E-state index contributed by atoms with van der Waals surface area (Å²) in [5, 5.41) is 5.99. The molecule has 0 radical (unpaired) electrons. The van der Waals surface area contributed by atoms with Gasteiger partial charge < -0.3 is 10.6 Å². The first-order valence-electron chi connectivity index (χ1n) is 7.11. The van der Waals surface area contributed by atoms with Crippen LogP contribution in [-0.2, 0) is 4.79 Å². The Labute approximate surface area is 116 Å². The molecule has 1 amide bonds. The monoisotopic (exact) mass is 280 g/mol. The molecular weight excluding hydrogens is 262 g/mol. The summed E-state index contributed by atoms with van der Waals surface area (Å²) in [6, 6.07) is 4.12. The molecule has 108 valence electrons. The molecule has 2 saturated heterocycles. The molecule has 1 aromatic carbocycles. The normalized spacial score (nSPS) is 28.4. The second-order valence-corrected chi connectivity index (χ2v) is 5.85.